The van der Waals surface area contributed by atoms with Gasteiger partial charge in [-0.2, -0.15) is 0 Å². The third kappa shape index (κ3) is 4.09. The molecule has 1 aromatic heterocycles. The molecule has 0 aliphatic heterocycles. The molecule has 0 aliphatic carbocycles. The van der Waals surface area contributed by atoms with Gasteiger partial charge in [0.25, 0.3) is 5.91 Å². The highest BCUT2D eigenvalue weighted by atomic mass is 35.5. The van der Waals surface area contributed by atoms with Crippen LogP contribution >= 0.6 is 23.2 Å². The molecular weight excluding hydrogens is 309 g/mol. The Kier molecular flexibility index (Phi) is 5.42. The Labute approximate surface area is 133 Å². The predicted octanol–water partition coefficient (Wildman–Crippen LogP) is 3.75. The first-order chi connectivity index (χ1) is 10.1. The van der Waals surface area contributed by atoms with Gasteiger partial charge in [-0.25, -0.2) is 4.98 Å². The van der Waals surface area contributed by atoms with Gasteiger partial charge in [-0.05, 0) is 30.7 Å². The second-order valence-corrected chi connectivity index (χ2v) is 5.15. The molecule has 0 fully saturated rings. The molecule has 1 amide bonds. The summed E-state index contributed by atoms with van der Waals surface area (Å²) in [5.41, 5.74) is 1.04. The van der Waals surface area contributed by atoms with Crippen molar-refractivity contribution in [1.82, 2.24) is 10.3 Å². The second-order valence-electron chi connectivity index (χ2n) is 4.33. The molecule has 0 aliphatic rings. The molecule has 1 aromatic carbocycles. The van der Waals surface area contributed by atoms with Crippen LogP contribution in [0.15, 0.2) is 36.4 Å². The Bertz CT molecular complexity index is 647. The van der Waals surface area contributed by atoms with E-state index in [4.69, 9.17) is 23.2 Å². The van der Waals surface area contributed by atoms with Crippen molar-refractivity contribution in [2.45, 2.75) is 13.5 Å². The fraction of sp³-hybridized carbons (Fsp3) is 0.200. The maximum Gasteiger partial charge on any atom is 0.271 e. The lowest BCUT2D eigenvalue weighted by Gasteiger charge is -2.09. The molecule has 0 unspecified atom stereocenters. The van der Waals surface area contributed by atoms with Crippen LogP contribution in [0.4, 0.5) is 5.82 Å². The van der Waals surface area contributed by atoms with E-state index < -0.39 is 0 Å². The SMILES string of the molecule is CCNc1ccc(Cl)c(C(=O)NCc2ccccc2Cl)n1. The summed E-state index contributed by atoms with van der Waals surface area (Å²) in [5, 5.41) is 6.73. The summed E-state index contributed by atoms with van der Waals surface area (Å²) in [6.07, 6.45) is 0. The minimum atomic E-state index is -0.334. The van der Waals surface area contributed by atoms with Gasteiger partial charge in [-0.15, -0.1) is 0 Å². The van der Waals surface area contributed by atoms with Gasteiger partial charge >= 0.3 is 0 Å². The number of hydrogen-bond donors (Lipinski definition) is 2. The van der Waals surface area contributed by atoms with Crippen LogP contribution in [0.5, 0.6) is 0 Å². The van der Waals surface area contributed by atoms with Crippen LogP contribution in [0, 0.1) is 0 Å². The van der Waals surface area contributed by atoms with Crippen molar-refractivity contribution >= 4 is 34.9 Å². The molecule has 2 rings (SSSR count). The number of nitrogens with zero attached hydrogens (tertiary/aromatic N) is 1. The van der Waals surface area contributed by atoms with Crippen molar-refractivity contribution in [1.29, 1.82) is 0 Å². The molecule has 0 radical (unpaired) electrons. The van der Waals surface area contributed by atoms with E-state index in [-0.39, 0.29) is 11.6 Å². The fourth-order valence-corrected chi connectivity index (χ4v) is 2.18. The molecule has 110 valence electrons. The molecule has 2 aromatic rings. The normalized spacial score (nSPS) is 10.2. The second kappa shape index (κ2) is 7.29. The fourth-order valence-electron chi connectivity index (χ4n) is 1.78. The average molecular weight is 324 g/mol. The Morgan fingerprint density at radius 3 is 2.62 bits per heavy atom. The Hall–Kier alpha value is -1.78. The summed E-state index contributed by atoms with van der Waals surface area (Å²) >= 11 is 12.1. The average Bonchev–Trinajstić information content (AvgIpc) is 2.48. The van der Waals surface area contributed by atoms with Crippen molar-refractivity contribution in [2.24, 2.45) is 0 Å². The van der Waals surface area contributed by atoms with E-state index in [1.807, 2.05) is 25.1 Å². The first-order valence-electron chi connectivity index (χ1n) is 6.54. The number of halogens is 2. The molecule has 6 heteroatoms. The Balaban J connectivity index is 2.10. The number of benzene rings is 1. The van der Waals surface area contributed by atoms with Crippen LogP contribution in [-0.4, -0.2) is 17.4 Å². The quantitative estimate of drug-likeness (QED) is 0.881. The number of carbonyl (C=O) groups is 1. The molecule has 2 N–H and O–H groups in total. The monoisotopic (exact) mass is 323 g/mol. The van der Waals surface area contributed by atoms with Crippen molar-refractivity contribution in [3.05, 3.63) is 57.7 Å². The minimum absolute atomic E-state index is 0.196. The lowest BCUT2D eigenvalue weighted by atomic mass is 10.2. The summed E-state index contributed by atoms with van der Waals surface area (Å²) in [4.78, 5) is 16.4. The molecular formula is C15H15Cl2N3O. The molecule has 1 heterocycles. The van der Waals surface area contributed by atoms with Gasteiger partial charge in [0.05, 0.1) is 5.02 Å². The zero-order valence-corrected chi connectivity index (χ0v) is 13.0. The van der Waals surface area contributed by atoms with E-state index in [0.29, 0.717) is 22.4 Å². The van der Waals surface area contributed by atoms with Gasteiger partial charge in [-0.3, -0.25) is 4.79 Å². The van der Waals surface area contributed by atoms with Crippen LogP contribution in [-0.2, 0) is 6.54 Å². The standard InChI is InChI=1S/C15H15Cl2N3O/c1-2-18-13-8-7-12(17)14(20-13)15(21)19-9-10-5-3-4-6-11(10)16/h3-8H,2,9H2,1H3,(H,18,20)(H,19,21). The molecule has 0 bridgehead atoms. The van der Waals surface area contributed by atoms with E-state index in [1.165, 1.54) is 0 Å². The molecule has 0 spiro atoms. The zero-order valence-electron chi connectivity index (χ0n) is 11.5. The van der Waals surface area contributed by atoms with Crippen molar-refractivity contribution in [3.8, 4) is 0 Å². The topological polar surface area (TPSA) is 54.0 Å². The van der Waals surface area contributed by atoms with Gasteiger partial charge in [0.1, 0.15) is 11.5 Å². The summed E-state index contributed by atoms with van der Waals surface area (Å²) in [5.74, 6) is 0.282. The summed E-state index contributed by atoms with van der Waals surface area (Å²) < 4.78 is 0. The number of amides is 1. The number of anilines is 1. The van der Waals surface area contributed by atoms with E-state index in [9.17, 15) is 4.79 Å². The van der Waals surface area contributed by atoms with E-state index >= 15 is 0 Å². The minimum Gasteiger partial charge on any atom is -0.370 e. The number of hydrogen-bond acceptors (Lipinski definition) is 3. The third-order valence-corrected chi connectivity index (χ3v) is 3.49. The molecule has 0 saturated heterocycles. The number of aromatic nitrogens is 1. The van der Waals surface area contributed by atoms with Gasteiger partial charge in [0, 0.05) is 18.1 Å². The Morgan fingerprint density at radius 1 is 1.14 bits per heavy atom. The van der Waals surface area contributed by atoms with Crippen molar-refractivity contribution < 1.29 is 4.79 Å². The van der Waals surface area contributed by atoms with Gasteiger partial charge in [0.15, 0.2) is 0 Å². The highest BCUT2D eigenvalue weighted by Gasteiger charge is 2.13. The lowest BCUT2D eigenvalue weighted by Crippen LogP contribution is -2.24. The van der Waals surface area contributed by atoms with Crippen LogP contribution in [0.1, 0.15) is 23.0 Å². The van der Waals surface area contributed by atoms with Gasteiger partial charge in [0.2, 0.25) is 0 Å². The summed E-state index contributed by atoms with van der Waals surface area (Å²) in [6.45, 7) is 2.99. The first kappa shape index (κ1) is 15.6. The zero-order chi connectivity index (χ0) is 15.2. The summed E-state index contributed by atoms with van der Waals surface area (Å²) in [6, 6.07) is 10.7. The van der Waals surface area contributed by atoms with E-state index in [0.717, 1.165) is 12.1 Å². The lowest BCUT2D eigenvalue weighted by molar-refractivity contribution is 0.0946. The molecule has 0 atom stereocenters. The van der Waals surface area contributed by atoms with E-state index in [2.05, 4.69) is 15.6 Å². The van der Waals surface area contributed by atoms with Crippen LogP contribution in [0.3, 0.4) is 0 Å². The van der Waals surface area contributed by atoms with Gasteiger partial charge < -0.3 is 10.6 Å². The summed E-state index contributed by atoms with van der Waals surface area (Å²) in [7, 11) is 0. The van der Waals surface area contributed by atoms with Crippen LogP contribution in [0.2, 0.25) is 10.0 Å². The molecule has 21 heavy (non-hydrogen) atoms. The van der Waals surface area contributed by atoms with E-state index in [1.54, 1.807) is 18.2 Å². The van der Waals surface area contributed by atoms with Crippen LogP contribution < -0.4 is 10.6 Å². The molecule has 4 nitrogen and oxygen atoms in total. The van der Waals surface area contributed by atoms with Gasteiger partial charge in [-0.1, -0.05) is 41.4 Å². The third-order valence-electron chi connectivity index (χ3n) is 2.82. The van der Waals surface area contributed by atoms with Crippen molar-refractivity contribution in [3.63, 3.8) is 0 Å². The largest absolute Gasteiger partial charge is 0.370 e. The number of rotatable bonds is 5. The molecule has 0 saturated carbocycles. The van der Waals surface area contributed by atoms with Crippen LogP contribution in [0.25, 0.3) is 0 Å². The Morgan fingerprint density at radius 2 is 1.90 bits per heavy atom. The van der Waals surface area contributed by atoms with Crippen molar-refractivity contribution in [2.75, 3.05) is 11.9 Å². The number of nitrogens with one attached hydrogen (secondary N) is 2. The predicted molar refractivity (Wildman–Crippen MR) is 86.0 cm³/mol. The number of pyridine rings is 1. The smallest absolute Gasteiger partial charge is 0.271 e. The highest BCUT2D eigenvalue weighted by Crippen LogP contribution is 2.18. The highest BCUT2D eigenvalue weighted by molar-refractivity contribution is 6.33. The number of carbonyl (C=O) groups excluding carboxylic acids is 1. The first-order valence-corrected chi connectivity index (χ1v) is 7.29. The maximum absolute atomic E-state index is 12.2. The maximum atomic E-state index is 12.2.